The minimum absolute atomic E-state index is 0.0402. The Labute approximate surface area is 206 Å². The number of benzene rings is 1. The van der Waals surface area contributed by atoms with E-state index in [4.69, 9.17) is 0 Å². The Morgan fingerprint density at radius 2 is 1.66 bits per heavy atom. The second kappa shape index (κ2) is 8.58. The van der Waals surface area contributed by atoms with Crippen molar-refractivity contribution in [3.63, 3.8) is 0 Å². The SMILES string of the molecule is Cc1ccccc1[C@@]1(CC(=O)N2CC3C[C@@H]4CC2C[C@H](C3)C4)CC(=O)N(Cc2ccncc2)C1=O. The number of carbonyl (C=O) groups excluding carboxylic acids is 3. The van der Waals surface area contributed by atoms with Gasteiger partial charge in [-0.3, -0.25) is 24.3 Å². The van der Waals surface area contributed by atoms with E-state index in [1.54, 1.807) is 12.4 Å². The van der Waals surface area contributed by atoms with Gasteiger partial charge in [0.25, 0.3) is 0 Å². The maximum absolute atomic E-state index is 14.1. The minimum atomic E-state index is -1.14. The molecule has 0 radical (unpaired) electrons. The molecule has 35 heavy (non-hydrogen) atoms. The lowest BCUT2D eigenvalue weighted by molar-refractivity contribution is -0.144. The van der Waals surface area contributed by atoms with Crippen LogP contribution in [0.4, 0.5) is 0 Å². The third-order valence-corrected chi connectivity index (χ3v) is 9.04. The number of carbonyl (C=O) groups is 3. The summed E-state index contributed by atoms with van der Waals surface area (Å²) in [5.74, 6) is 1.64. The lowest BCUT2D eigenvalue weighted by Gasteiger charge is -2.39. The zero-order valence-corrected chi connectivity index (χ0v) is 20.4. The standard InChI is InChI=1S/C29H33N3O3/c1-19-4-2-3-5-25(19)29(16-27(34)32(28(29)35)17-20-6-8-30-9-7-20)15-26(33)31-18-23-11-21-10-22(12-23)14-24(31)13-21/h2-9,21-24H,10-18H2,1H3/t21-,22+,23?,24?,29-/m1/s1. The van der Waals surface area contributed by atoms with Crippen LogP contribution in [-0.2, 0) is 26.3 Å². The number of imide groups is 1. The predicted molar refractivity (Wildman–Crippen MR) is 131 cm³/mol. The molecule has 1 aromatic carbocycles. The fraction of sp³-hybridized carbons (Fsp3) is 0.517. The van der Waals surface area contributed by atoms with Gasteiger partial charge in [-0.1, -0.05) is 24.3 Å². The van der Waals surface area contributed by atoms with Crippen LogP contribution in [-0.4, -0.2) is 45.1 Å². The van der Waals surface area contributed by atoms with Gasteiger partial charge in [-0.2, -0.15) is 0 Å². The average Bonchev–Trinajstić information content (AvgIpc) is 2.94. The predicted octanol–water partition coefficient (Wildman–Crippen LogP) is 4.01. The van der Waals surface area contributed by atoms with Crippen LogP contribution in [0.2, 0.25) is 0 Å². The van der Waals surface area contributed by atoms with Crippen LogP contribution in [0.3, 0.4) is 0 Å². The first-order chi connectivity index (χ1) is 16.9. The smallest absolute Gasteiger partial charge is 0.241 e. The second-order valence-electron chi connectivity index (χ2n) is 11.4. The molecular weight excluding hydrogens is 438 g/mol. The van der Waals surface area contributed by atoms with Gasteiger partial charge in [0.1, 0.15) is 0 Å². The Hall–Kier alpha value is -3.02. The second-order valence-corrected chi connectivity index (χ2v) is 11.4. The molecule has 4 heterocycles. The third kappa shape index (κ3) is 3.87. The Bertz CT molecular complexity index is 1150. The lowest BCUT2D eigenvalue weighted by atomic mass is 9.68. The summed E-state index contributed by atoms with van der Waals surface area (Å²) in [6.07, 6.45) is 9.41. The van der Waals surface area contributed by atoms with E-state index in [-0.39, 0.29) is 43.1 Å². The Kier molecular flexibility index (Phi) is 5.50. The fourth-order valence-corrected chi connectivity index (χ4v) is 7.63. The van der Waals surface area contributed by atoms with Crippen LogP contribution in [0, 0.1) is 24.7 Å². The molecule has 182 valence electrons. The van der Waals surface area contributed by atoms with Crippen molar-refractivity contribution in [2.75, 3.05) is 6.54 Å². The van der Waals surface area contributed by atoms with Gasteiger partial charge in [0.2, 0.25) is 17.7 Å². The molecule has 5 fully saturated rings. The first kappa shape index (κ1) is 22.4. The van der Waals surface area contributed by atoms with Gasteiger partial charge in [-0.05, 0) is 85.6 Å². The first-order valence-electron chi connectivity index (χ1n) is 13.0. The largest absolute Gasteiger partial charge is 0.339 e. The van der Waals surface area contributed by atoms with E-state index in [0.29, 0.717) is 5.92 Å². The number of nitrogens with zero attached hydrogens (tertiary/aromatic N) is 3. The Morgan fingerprint density at radius 1 is 0.971 bits per heavy atom. The van der Waals surface area contributed by atoms with Crippen LogP contribution in [0.25, 0.3) is 0 Å². The highest BCUT2D eigenvalue weighted by Crippen LogP contribution is 2.49. The summed E-state index contributed by atoms with van der Waals surface area (Å²) in [7, 11) is 0. The average molecular weight is 472 g/mol. The topological polar surface area (TPSA) is 70.6 Å². The van der Waals surface area contributed by atoms with E-state index in [0.717, 1.165) is 47.9 Å². The molecule has 2 aromatic rings. The Morgan fingerprint density at radius 3 is 2.37 bits per heavy atom. The van der Waals surface area contributed by atoms with E-state index in [2.05, 4.69) is 9.88 Å². The zero-order chi connectivity index (χ0) is 24.2. The lowest BCUT2D eigenvalue weighted by Crippen LogP contribution is -2.47. The number of aromatic nitrogens is 1. The number of pyridine rings is 1. The number of likely N-dealkylation sites (tertiary alicyclic amines) is 1. The summed E-state index contributed by atoms with van der Waals surface area (Å²) < 4.78 is 0. The normalized spacial score (nSPS) is 31.8. The molecule has 2 unspecified atom stereocenters. The van der Waals surface area contributed by atoms with E-state index in [1.807, 2.05) is 43.3 Å². The van der Waals surface area contributed by atoms with E-state index < -0.39 is 5.41 Å². The van der Waals surface area contributed by atoms with Crippen LogP contribution in [0.15, 0.2) is 48.8 Å². The monoisotopic (exact) mass is 471 g/mol. The van der Waals surface area contributed by atoms with Crippen molar-refractivity contribution in [3.05, 3.63) is 65.5 Å². The van der Waals surface area contributed by atoms with Gasteiger partial charge in [-0.25, -0.2) is 0 Å². The van der Waals surface area contributed by atoms with Crippen molar-refractivity contribution in [3.8, 4) is 0 Å². The van der Waals surface area contributed by atoms with E-state index in [9.17, 15) is 14.4 Å². The van der Waals surface area contributed by atoms with E-state index in [1.165, 1.54) is 24.2 Å². The molecule has 6 nitrogen and oxygen atoms in total. The maximum Gasteiger partial charge on any atom is 0.241 e. The molecule has 5 atom stereocenters. The highest BCUT2D eigenvalue weighted by molar-refractivity contribution is 6.10. The maximum atomic E-state index is 14.1. The summed E-state index contributed by atoms with van der Waals surface area (Å²) in [4.78, 5) is 48.9. The molecule has 7 rings (SSSR count). The number of rotatable bonds is 5. The first-order valence-corrected chi connectivity index (χ1v) is 13.0. The van der Waals surface area contributed by atoms with Gasteiger partial charge < -0.3 is 4.90 Å². The van der Waals surface area contributed by atoms with Crippen LogP contribution in [0.5, 0.6) is 0 Å². The van der Waals surface area contributed by atoms with Crippen LogP contribution >= 0.6 is 0 Å². The molecule has 3 saturated heterocycles. The number of aryl methyl sites for hydroxylation is 1. The van der Waals surface area contributed by atoms with Gasteiger partial charge in [0, 0.05) is 37.8 Å². The molecule has 2 aliphatic carbocycles. The summed E-state index contributed by atoms with van der Waals surface area (Å²) in [5, 5.41) is 0. The highest BCUT2D eigenvalue weighted by atomic mass is 16.2. The molecular formula is C29H33N3O3. The molecule has 1 aromatic heterocycles. The van der Waals surface area contributed by atoms with Gasteiger partial charge in [0.05, 0.1) is 12.0 Å². The number of amides is 3. The van der Waals surface area contributed by atoms with Crippen molar-refractivity contribution < 1.29 is 14.4 Å². The molecule has 0 spiro atoms. The molecule has 3 aliphatic heterocycles. The van der Waals surface area contributed by atoms with Gasteiger partial charge in [0.15, 0.2) is 0 Å². The fourth-order valence-electron chi connectivity index (χ4n) is 7.63. The molecule has 2 saturated carbocycles. The van der Waals surface area contributed by atoms with Gasteiger partial charge >= 0.3 is 0 Å². The molecule has 0 N–H and O–H groups in total. The quantitative estimate of drug-likeness (QED) is 0.618. The number of hydrogen-bond acceptors (Lipinski definition) is 4. The summed E-state index contributed by atoms with van der Waals surface area (Å²) >= 11 is 0. The van der Waals surface area contributed by atoms with Gasteiger partial charge in [-0.15, -0.1) is 0 Å². The van der Waals surface area contributed by atoms with Crippen molar-refractivity contribution in [2.24, 2.45) is 17.8 Å². The Balaban J connectivity index is 1.33. The zero-order valence-electron chi connectivity index (χ0n) is 20.4. The number of hydrogen-bond donors (Lipinski definition) is 0. The van der Waals surface area contributed by atoms with Crippen molar-refractivity contribution in [2.45, 2.75) is 69.9 Å². The van der Waals surface area contributed by atoms with Crippen molar-refractivity contribution in [1.82, 2.24) is 14.8 Å². The van der Waals surface area contributed by atoms with Crippen molar-refractivity contribution >= 4 is 17.7 Å². The molecule has 5 aliphatic rings. The summed E-state index contributed by atoms with van der Waals surface area (Å²) in [6, 6.07) is 11.7. The van der Waals surface area contributed by atoms with E-state index >= 15 is 0 Å². The molecule has 6 heteroatoms. The minimum Gasteiger partial charge on any atom is -0.339 e. The summed E-state index contributed by atoms with van der Waals surface area (Å²) in [5.41, 5.74) is 1.47. The molecule has 4 bridgehead atoms. The third-order valence-electron chi connectivity index (χ3n) is 9.04. The number of fused-ring (bicyclic) bond motifs is 1. The summed E-state index contributed by atoms with van der Waals surface area (Å²) in [6.45, 7) is 2.99. The highest BCUT2D eigenvalue weighted by Gasteiger charge is 2.55. The van der Waals surface area contributed by atoms with Crippen LogP contribution in [0.1, 0.15) is 61.6 Å². The van der Waals surface area contributed by atoms with Crippen LogP contribution < -0.4 is 0 Å². The van der Waals surface area contributed by atoms with Crippen molar-refractivity contribution in [1.29, 1.82) is 0 Å². The molecule has 3 amide bonds.